The topological polar surface area (TPSA) is 66.2 Å². The van der Waals surface area contributed by atoms with E-state index in [-0.39, 0.29) is 11.9 Å². The fraction of sp³-hybridized carbons (Fsp3) is 0.455. The first-order chi connectivity index (χ1) is 14.0. The standard InChI is InChI=1S/C22H27N3O4/c1-23-20(26)22(9-12-24(13-10-22)15-18-8-14-29-16-18)25(21(23)27)11-7-17-3-5-19(28-2)6-4-17/h3-6,8,14,16H,7,9-13,15H2,1-2H3. The Balaban J connectivity index is 1.45. The number of nitrogens with zero attached hydrogens (tertiary/aromatic N) is 3. The Bertz CT molecular complexity index is 855. The summed E-state index contributed by atoms with van der Waals surface area (Å²) < 4.78 is 10.4. The van der Waals surface area contributed by atoms with Crippen LogP contribution in [0.5, 0.6) is 5.75 Å². The van der Waals surface area contributed by atoms with Crippen molar-refractivity contribution in [3.63, 3.8) is 0 Å². The SMILES string of the molecule is COc1ccc(CCN2C(=O)N(C)C(=O)C23CCN(Cc2ccoc2)CC3)cc1. The lowest BCUT2D eigenvalue weighted by atomic mass is 9.85. The molecule has 0 aliphatic carbocycles. The average Bonchev–Trinajstić information content (AvgIpc) is 3.32. The van der Waals surface area contributed by atoms with Gasteiger partial charge in [0.05, 0.1) is 19.6 Å². The molecule has 7 nitrogen and oxygen atoms in total. The van der Waals surface area contributed by atoms with Crippen LogP contribution in [0.1, 0.15) is 24.0 Å². The predicted octanol–water partition coefficient (Wildman–Crippen LogP) is 2.76. The minimum absolute atomic E-state index is 0.0693. The van der Waals surface area contributed by atoms with E-state index in [1.165, 1.54) is 4.90 Å². The Labute approximate surface area is 170 Å². The Morgan fingerprint density at radius 1 is 1.07 bits per heavy atom. The summed E-state index contributed by atoms with van der Waals surface area (Å²) in [4.78, 5) is 31.3. The first-order valence-corrected chi connectivity index (χ1v) is 9.99. The molecule has 2 fully saturated rings. The van der Waals surface area contributed by atoms with Gasteiger partial charge in [-0.05, 0) is 43.0 Å². The number of carbonyl (C=O) groups excluding carboxylic acids is 2. The number of rotatable bonds is 6. The van der Waals surface area contributed by atoms with Crippen LogP contribution in [0, 0.1) is 0 Å². The number of piperidine rings is 1. The third kappa shape index (κ3) is 3.62. The molecule has 0 radical (unpaired) electrons. The molecule has 2 aromatic rings. The summed E-state index contributed by atoms with van der Waals surface area (Å²) in [6.07, 6.45) is 5.45. The lowest BCUT2D eigenvalue weighted by Crippen LogP contribution is -2.56. The second-order valence-electron chi connectivity index (χ2n) is 7.84. The highest BCUT2D eigenvalue weighted by Crippen LogP contribution is 2.37. The summed E-state index contributed by atoms with van der Waals surface area (Å²) in [7, 11) is 3.24. The molecule has 1 spiro atoms. The van der Waals surface area contributed by atoms with Crippen LogP contribution in [0.25, 0.3) is 0 Å². The molecule has 0 unspecified atom stereocenters. The molecule has 2 saturated heterocycles. The zero-order valence-corrected chi connectivity index (χ0v) is 17.0. The van der Waals surface area contributed by atoms with Crippen molar-refractivity contribution in [3.05, 3.63) is 54.0 Å². The smallest absolute Gasteiger partial charge is 0.327 e. The van der Waals surface area contributed by atoms with Gasteiger partial charge in [-0.1, -0.05) is 12.1 Å². The van der Waals surface area contributed by atoms with E-state index < -0.39 is 5.54 Å². The minimum atomic E-state index is -0.717. The van der Waals surface area contributed by atoms with Crippen LogP contribution >= 0.6 is 0 Å². The van der Waals surface area contributed by atoms with Crippen LogP contribution in [0.15, 0.2) is 47.3 Å². The number of methoxy groups -OCH3 is 1. The van der Waals surface area contributed by atoms with Crippen molar-refractivity contribution in [1.29, 1.82) is 0 Å². The number of carbonyl (C=O) groups is 2. The number of imide groups is 1. The Morgan fingerprint density at radius 2 is 1.79 bits per heavy atom. The fourth-order valence-electron chi connectivity index (χ4n) is 4.43. The van der Waals surface area contributed by atoms with Crippen LogP contribution in [0.2, 0.25) is 0 Å². The number of benzene rings is 1. The van der Waals surface area contributed by atoms with Crippen molar-refractivity contribution in [2.75, 3.05) is 33.8 Å². The summed E-state index contributed by atoms with van der Waals surface area (Å²) in [5.74, 6) is 0.738. The van der Waals surface area contributed by atoms with Gasteiger partial charge in [0.1, 0.15) is 11.3 Å². The van der Waals surface area contributed by atoms with E-state index in [4.69, 9.17) is 9.15 Å². The largest absolute Gasteiger partial charge is 0.497 e. The molecule has 0 saturated carbocycles. The molecule has 0 atom stereocenters. The number of hydrogen-bond acceptors (Lipinski definition) is 5. The number of amides is 3. The molecule has 2 aliphatic rings. The van der Waals surface area contributed by atoms with E-state index in [0.717, 1.165) is 36.5 Å². The molecule has 4 rings (SSSR count). The third-order valence-corrected chi connectivity index (χ3v) is 6.19. The van der Waals surface area contributed by atoms with Gasteiger partial charge in [0.2, 0.25) is 0 Å². The summed E-state index contributed by atoms with van der Waals surface area (Å²) in [5.41, 5.74) is 1.53. The van der Waals surface area contributed by atoms with Crippen molar-refractivity contribution in [3.8, 4) is 5.75 Å². The maximum atomic E-state index is 13.0. The van der Waals surface area contributed by atoms with E-state index in [0.29, 0.717) is 25.8 Å². The minimum Gasteiger partial charge on any atom is -0.497 e. The van der Waals surface area contributed by atoms with Crippen molar-refractivity contribution in [2.45, 2.75) is 31.3 Å². The van der Waals surface area contributed by atoms with E-state index in [2.05, 4.69) is 4.90 Å². The number of hydrogen-bond donors (Lipinski definition) is 0. The van der Waals surface area contributed by atoms with Crippen LogP contribution in [0.3, 0.4) is 0 Å². The number of furan rings is 1. The van der Waals surface area contributed by atoms with Crippen molar-refractivity contribution >= 4 is 11.9 Å². The number of likely N-dealkylation sites (N-methyl/N-ethyl adjacent to an activating group) is 1. The summed E-state index contributed by atoms with van der Waals surface area (Å²) in [6.45, 7) is 2.88. The van der Waals surface area contributed by atoms with Gasteiger partial charge in [0.25, 0.3) is 5.91 Å². The number of likely N-dealkylation sites (tertiary alicyclic amines) is 1. The van der Waals surface area contributed by atoms with Gasteiger partial charge in [-0.25, -0.2) is 4.79 Å². The van der Waals surface area contributed by atoms with Crippen LogP contribution < -0.4 is 4.74 Å². The molecule has 154 valence electrons. The average molecular weight is 397 g/mol. The van der Waals surface area contributed by atoms with Gasteiger partial charge in [-0.3, -0.25) is 14.6 Å². The van der Waals surface area contributed by atoms with E-state index in [9.17, 15) is 9.59 Å². The van der Waals surface area contributed by atoms with E-state index in [1.807, 2.05) is 30.3 Å². The molecule has 0 N–H and O–H groups in total. The van der Waals surface area contributed by atoms with Crippen molar-refractivity contribution < 1.29 is 18.7 Å². The zero-order valence-electron chi connectivity index (χ0n) is 17.0. The first-order valence-electron chi connectivity index (χ1n) is 9.99. The highest BCUT2D eigenvalue weighted by atomic mass is 16.5. The normalized spacial score (nSPS) is 19.4. The van der Waals surface area contributed by atoms with Crippen molar-refractivity contribution in [1.82, 2.24) is 14.7 Å². The van der Waals surface area contributed by atoms with Gasteiger partial charge < -0.3 is 14.1 Å². The summed E-state index contributed by atoms with van der Waals surface area (Å²) >= 11 is 0. The van der Waals surface area contributed by atoms with Crippen LogP contribution in [0.4, 0.5) is 4.79 Å². The van der Waals surface area contributed by atoms with Gasteiger partial charge in [-0.2, -0.15) is 0 Å². The fourth-order valence-corrected chi connectivity index (χ4v) is 4.43. The second kappa shape index (κ2) is 7.91. The third-order valence-electron chi connectivity index (χ3n) is 6.19. The first kappa shape index (κ1) is 19.5. The molecule has 7 heteroatoms. The molecule has 1 aromatic carbocycles. The quantitative estimate of drug-likeness (QED) is 0.702. The molecule has 0 bridgehead atoms. The maximum absolute atomic E-state index is 13.0. The Kier molecular flexibility index (Phi) is 5.32. The Hall–Kier alpha value is -2.80. The molecule has 29 heavy (non-hydrogen) atoms. The highest BCUT2D eigenvalue weighted by molar-refractivity contribution is 6.06. The molecule has 3 amide bonds. The zero-order chi connectivity index (χ0) is 20.4. The number of urea groups is 1. The van der Waals surface area contributed by atoms with E-state index in [1.54, 1.807) is 31.6 Å². The molecule has 2 aliphatic heterocycles. The molecular formula is C22H27N3O4. The maximum Gasteiger partial charge on any atom is 0.327 e. The highest BCUT2D eigenvalue weighted by Gasteiger charge is 2.56. The van der Waals surface area contributed by atoms with Crippen molar-refractivity contribution in [2.24, 2.45) is 0 Å². The molecule has 3 heterocycles. The Morgan fingerprint density at radius 3 is 2.41 bits per heavy atom. The number of ether oxygens (including phenoxy) is 1. The summed E-state index contributed by atoms with van der Waals surface area (Å²) in [5, 5.41) is 0. The van der Waals surface area contributed by atoms with E-state index >= 15 is 0 Å². The molecule has 1 aromatic heterocycles. The second-order valence-corrected chi connectivity index (χ2v) is 7.84. The van der Waals surface area contributed by atoms with Gasteiger partial charge in [-0.15, -0.1) is 0 Å². The van der Waals surface area contributed by atoms with Gasteiger partial charge in [0.15, 0.2) is 0 Å². The summed E-state index contributed by atoms with van der Waals surface area (Å²) in [6, 6.07) is 9.62. The van der Waals surface area contributed by atoms with Crippen LogP contribution in [-0.4, -0.2) is 66.0 Å². The monoisotopic (exact) mass is 397 g/mol. The predicted molar refractivity (Wildman–Crippen MR) is 108 cm³/mol. The van der Waals surface area contributed by atoms with Gasteiger partial charge in [0, 0.05) is 38.8 Å². The van der Waals surface area contributed by atoms with Gasteiger partial charge >= 0.3 is 6.03 Å². The van der Waals surface area contributed by atoms with Crippen LogP contribution in [-0.2, 0) is 17.8 Å². The lowest BCUT2D eigenvalue weighted by Gasteiger charge is -2.42. The lowest BCUT2D eigenvalue weighted by molar-refractivity contribution is -0.134. The molecular weight excluding hydrogens is 370 g/mol.